The highest BCUT2D eigenvalue weighted by Gasteiger charge is 2.01. The van der Waals surface area contributed by atoms with Crippen molar-refractivity contribution >= 4 is 0 Å². The molecular formula is C22H23NO2. The van der Waals surface area contributed by atoms with Gasteiger partial charge in [0.1, 0.15) is 17.2 Å². The van der Waals surface area contributed by atoms with Crippen LogP contribution in [0.2, 0.25) is 0 Å². The molecule has 0 radical (unpaired) electrons. The van der Waals surface area contributed by atoms with E-state index in [-0.39, 0.29) is 0 Å². The summed E-state index contributed by atoms with van der Waals surface area (Å²) in [5.74, 6) is 2.65. The van der Waals surface area contributed by atoms with Crippen molar-refractivity contribution in [2.45, 2.75) is 13.0 Å². The SMILES string of the molecule is COc1ccccc1CCNCc1ccc(Oc2ccccc2)cc1. The Morgan fingerprint density at radius 1 is 0.760 bits per heavy atom. The summed E-state index contributed by atoms with van der Waals surface area (Å²) >= 11 is 0. The summed E-state index contributed by atoms with van der Waals surface area (Å²) in [5, 5.41) is 3.47. The van der Waals surface area contributed by atoms with Gasteiger partial charge in [-0.05, 0) is 54.4 Å². The minimum atomic E-state index is 0.834. The highest BCUT2D eigenvalue weighted by molar-refractivity contribution is 5.34. The van der Waals surface area contributed by atoms with Crippen molar-refractivity contribution in [1.82, 2.24) is 5.32 Å². The van der Waals surface area contributed by atoms with E-state index < -0.39 is 0 Å². The van der Waals surface area contributed by atoms with Crippen molar-refractivity contribution in [2.24, 2.45) is 0 Å². The highest BCUT2D eigenvalue weighted by atomic mass is 16.5. The van der Waals surface area contributed by atoms with Crippen molar-refractivity contribution in [1.29, 1.82) is 0 Å². The Kier molecular flexibility index (Phi) is 6.07. The first-order valence-corrected chi connectivity index (χ1v) is 8.49. The van der Waals surface area contributed by atoms with Gasteiger partial charge in [0.15, 0.2) is 0 Å². The van der Waals surface area contributed by atoms with Crippen LogP contribution in [-0.4, -0.2) is 13.7 Å². The number of benzene rings is 3. The maximum atomic E-state index is 5.81. The van der Waals surface area contributed by atoms with E-state index in [9.17, 15) is 0 Å². The highest BCUT2D eigenvalue weighted by Crippen LogP contribution is 2.21. The minimum absolute atomic E-state index is 0.834. The third-order valence-electron chi connectivity index (χ3n) is 4.00. The maximum absolute atomic E-state index is 5.81. The molecular weight excluding hydrogens is 310 g/mol. The van der Waals surface area contributed by atoms with Gasteiger partial charge in [-0.3, -0.25) is 0 Å². The van der Waals surface area contributed by atoms with E-state index in [0.29, 0.717) is 0 Å². The summed E-state index contributed by atoms with van der Waals surface area (Å²) in [4.78, 5) is 0. The van der Waals surface area contributed by atoms with E-state index in [1.807, 2.05) is 60.7 Å². The van der Waals surface area contributed by atoms with E-state index >= 15 is 0 Å². The average molecular weight is 333 g/mol. The first-order chi connectivity index (χ1) is 12.3. The number of methoxy groups -OCH3 is 1. The molecule has 0 unspecified atom stereocenters. The van der Waals surface area contributed by atoms with Crippen LogP contribution in [0.5, 0.6) is 17.2 Å². The van der Waals surface area contributed by atoms with E-state index in [4.69, 9.17) is 9.47 Å². The molecule has 3 rings (SSSR count). The summed E-state index contributed by atoms with van der Waals surface area (Å²) < 4.78 is 11.2. The Balaban J connectivity index is 1.46. The van der Waals surface area contributed by atoms with Gasteiger partial charge in [-0.15, -0.1) is 0 Å². The lowest BCUT2D eigenvalue weighted by atomic mass is 10.1. The lowest BCUT2D eigenvalue weighted by Crippen LogP contribution is -2.16. The second-order valence-corrected chi connectivity index (χ2v) is 5.80. The second-order valence-electron chi connectivity index (χ2n) is 5.80. The van der Waals surface area contributed by atoms with E-state index in [1.165, 1.54) is 11.1 Å². The van der Waals surface area contributed by atoms with E-state index in [1.54, 1.807) is 7.11 Å². The monoisotopic (exact) mass is 333 g/mol. The normalized spacial score (nSPS) is 10.4. The minimum Gasteiger partial charge on any atom is -0.496 e. The molecule has 1 N–H and O–H groups in total. The van der Waals surface area contributed by atoms with Crippen molar-refractivity contribution in [3.63, 3.8) is 0 Å². The molecule has 0 spiro atoms. The lowest BCUT2D eigenvalue weighted by molar-refractivity contribution is 0.409. The summed E-state index contributed by atoms with van der Waals surface area (Å²) in [7, 11) is 1.71. The molecule has 0 saturated heterocycles. The summed E-state index contributed by atoms with van der Waals surface area (Å²) in [6.45, 7) is 1.74. The van der Waals surface area contributed by atoms with E-state index in [0.717, 1.165) is 36.8 Å². The Bertz CT molecular complexity index is 770. The molecule has 0 atom stereocenters. The van der Waals surface area contributed by atoms with E-state index in [2.05, 4.69) is 23.5 Å². The third kappa shape index (κ3) is 5.10. The van der Waals surface area contributed by atoms with Gasteiger partial charge in [-0.25, -0.2) is 0 Å². The van der Waals surface area contributed by atoms with Gasteiger partial charge in [0, 0.05) is 6.54 Å². The lowest BCUT2D eigenvalue weighted by Gasteiger charge is -2.10. The predicted octanol–water partition coefficient (Wildman–Crippen LogP) is 4.82. The van der Waals surface area contributed by atoms with Crippen LogP contribution in [0.3, 0.4) is 0 Å². The fourth-order valence-corrected chi connectivity index (χ4v) is 2.67. The van der Waals surface area contributed by atoms with Gasteiger partial charge >= 0.3 is 0 Å². The predicted molar refractivity (Wildman–Crippen MR) is 101 cm³/mol. The molecule has 0 aromatic heterocycles. The first-order valence-electron chi connectivity index (χ1n) is 8.49. The first kappa shape index (κ1) is 17.1. The molecule has 3 heteroatoms. The number of rotatable bonds is 8. The zero-order valence-corrected chi connectivity index (χ0v) is 14.4. The molecule has 0 aliphatic heterocycles. The standard InChI is InChI=1S/C22H23NO2/c1-24-22-10-6-5-7-19(22)15-16-23-17-18-11-13-21(14-12-18)25-20-8-3-2-4-9-20/h2-14,23H,15-17H2,1H3. The van der Waals surface area contributed by atoms with Crippen LogP contribution >= 0.6 is 0 Å². The van der Waals surface area contributed by atoms with Crippen molar-refractivity contribution < 1.29 is 9.47 Å². The van der Waals surface area contributed by atoms with Crippen LogP contribution in [-0.2, 0) is 13.0 Å². The van der Waals surface area contributed by atoms with Crippen LogP contribution in [0.1, 0.15) is 11.1 Å². The molecule has 0 aliphatic rings. The van der Waals surface area contributed by atoms with Gasteiger partial charge in [0.05, 0.1) is 7.11 Å². The van der Waals surface area contributed by atoms with Crippen LogP contribution in [0.4, 0.5) is 0 Å². The quantitative estimate of drug-likeness (QED) is 0.600. The average Bonchev–Trinajstić information content (AvgIpc) is 2.67. The molecule has 0 fully saturated rings. The van der Waals surface area contributed by atoms with Crippen LogP contribution < -0.4 is 14.8 Å². The van der Waals surface area contributed by atoms with Crippen molar-refractivity contribution in [2.75, 3.05) is 13.7 Å². The van der Waals surface area contributed by atoms with Gasteiger partial charge in [-0.2, -0.15) is 0 Å². The van der Waals surface area contributed by atoms with Crippen LogP contribution in [0, 0.1) is 0 Å². The Labute approximate surface area is 149 Å². The number of hydrogen-bond acceptors (Lipinski definition) is 3. The number of ether oxygens (including phenoxy) is 2. The molecule has 3 nitrogen and oxygen atoms in total. The zero-order chi connectivity index (χ0) is 17.3. The Morgan fingerprint density at radius 3 is 2.20 bits per heavy atom. The number of para-hydroxylation sites is 2. The second kappa shape index (κ2) is 8.90. The molecule has 128 valence electrons. The maximum Gasteiger partial charge on any atom is 0.127 e. The van der Waals surface area contributed by atoms with Crippen molar-refractivity contribution in [3.8, 4) is 17.2 Å². The number of hydrogen-bond donors (Lipinski definition) is 1. The summed E-state index contributed by atoms with van der Waals surface area (Å²) in [6, 6.07) is 26.2. The molecule has 3 aromatic carbocycles. The largest absolute Gasteiger partial charge is 0.496 e. The Morgan fingerprint density at radius 2 is 1.44 bits per heavy atom. The molecule has 0 aliphatic carbocycles. The molecule has 0 heterocycles. The Hall–Kier alpha value is -2.78. The summed E-state index contributed by atoms with van der Waals surface area (Å²) in [6.07, 6.45) is 0.944. The molecule has 25 heavy (non-hydrogen) atoms. The molecule has 0 bridgehead atoms. The smallest absolute Gasteiger partial charge is 0.127 e. The van der Waals surface area contributed by atoms with Gasteiger partial charge in [0.2, 0.25) is 0 Å². The zero-order valence-electron chi connectivity index (χ0n) is 14.4. The van der Waals surface area contributed by atoms with Gasteiger partial charge in [-0.1, -0.05) is 48.5 Å². The third-order valence-corrected chi connectivity index (χ3v) is 4.00. The van der Waals surface area contributed by atoms with Crippen LogP contribution in [0.25, 0.3) is 0 Å². The number of nitrogens with one attached hydrogen (secondary N) is 1. The molecule has 0 saturated carbocycles. The fraction of sp³-hybridized carbons (Fsp3) is 0.182. The van der Waals surface area contributed by atoms with Crippen molar-refractivity contribution in [3.05, 3.63) is 90.0 Å². The van der Waals surface area contributed by atoms with Crippen LogP contribution in [0.15, 0.2) is 78.9 Å². The van der Waals surface area contributed by atoms with Gasteiger partial charge < -0.3 is 14.8 Å². The topological polar surface area (TPSA) is 30.5 Å². The summed E-state index contributed by atoms with van der Waals surface area (Å²) in [5.41, 5.74) is 2.46. The molecule has 3 aromatic rings. The molecule has 0 amide bonds. The van der Waals surface area contributed by atoms with Gasteiger partial charge in [0.25, 0.3) is 0 Å². The fourth-order valence-electron chi connectivity index (χ4n) is 2.67.